The Hall–Kier alpha value is -1.75. The second-order valence-corrected chi connectivity index (χ2v) is 6.72. The molecule has 0 aliphatic carbocycles. The molecular weight excluding hydrogens is 270 g/mol. The first-order chi connectivity index (χ1) is 9.67. The highest BCUT2D eigenvalue weighted by Gasteiger charge is 2.39. The molecule has 5 heteroatoms. The van der Waals surface area contributed by atoms with Crippen molar-refractivity contribution in [1.82, 2.24) is 4.90 Å². The van der Waals surface area contributed by atoms with Crippen molar-refractivity contribution in [2.75, 3.05) is 13.1 Å². The molecule has 0 spiro atoms. The molecule has 1 aromatic carbocycles. The summed E-state index contributed by atoms with van der Waals surface area (Å²) in [5.41, 5.74) is -0.538. The van der Waals surface area contributed by atoms with E-state index in [2.05, 4.69) is 0 Å². The van der Waals surface area contributed by atoms with Crippen molar-refractivity contribution in [2.24, 2.45) is 0 Å². The number of ether oxygens (including phenoxy) is 1. The molecule has 5 nitrogen and oxygen atoms in total. The van der Waals surface area contributed by atoms with E-state index in [0.29, 0.717) is 19.4 Å². The third-order valence-electron chi connectivity index (χ3n) is 3.45. The van der Waals surface area contributed by atoms with E-state index in [1.165, 1.54) is 0 Å². The van der Waals surface area contributed by atoms with Crippen LogP contribution in [0, 0.1) is 0 Å². The van der Waals surface area contributed by atoms with Crippen LogP contribution in [0.5, 0.6) is 5.75 Å². The van der Waals surface area contributed by atoms with Gasteiger partial charge in [-0.15, -0.1) is 0 Å². The Labute approximate surface area is 125 Å². The van der Waals surface area contributed by atoms with Gasteiger partial charge in [0.05, 0.1) is 12.1 Å². The monoisotopic (exact) mass is 293 g/mol. The lowest BCUT2D eigenvalue weighted by molar-refractivity contribution is 0.0153. The summed E-state index contributed by atoms with van der Waals surface area (Å²) in [6.45, 7) is 6.23. The molecule has 1 heterocycles. The van der Waals surface area contributed by atoms with Gasteiger partial charge in [0.15, 0.2) is 0 Å². The largest absolute Gasteiger partial charge is 0.508 e. The number of hydrogen-bond donors (Lipinski definition) is 2. The number of carbonyl (C=O) groups is 1. The van der Waals surface area contributed by atoms with E-state index in [1.807, 2.05) is 20.8 Å². The van der Waals surface area contributed by atoms with Gasteiger partial charge in [0.1, 0.15) is 11.4 Å². The van der Waals surface area contributed by atoms with Gasteiger partial charge in [-0.2, -0.15) is 0 Å². The maximum Gasteiger partial charge on any atom is 0.410 e. The van der Waals surface area contributed by atoms with Crippen LogP contribution in [0.1, 0.15) is 32.8 Å². The van der Waals surface area contributed by atoms with Gasteiger partial charge in [0, 0.05) is 13.0 Å². The van der Waals surface area contributed by atoms with Crippen LogP contribution < -0.4 is 0 Å². The summed E-state index contributed by atoms with van der Waals surface area (Å²) < 4.78 is 5.32. The fourth-order valence-electron chi connectivity index (χ4n) is 2.48. The predicted octanol–water partition coefficient (Wildman–Crippen LogP) is 2.31. The summed E-state index contributed by atoms with van der Waals surface area (Å²) in [6.07, 6.45) is 0.587. The number of phenols is 1. The van der Waals surface area contributed by atoms with Crippen LogP contribution in [0.4, 0.5) is 4.79 Å². The Bertz CT molecular complexity index is 506. The lowest BCUT2D eigenvalue weighted by Gasteiger charge is -2.26. The van der Waals surface area contributed by atoms with Gasteiger partial charge in [-0.05, 0) is 44.9 Å². The van der Waals surface area contributed by atoms with Crippen molar-refractivity contribution in [2.45, 2.75) is 44.8 Å². The van der Waals surface area contributed by atoms with Crippen molar-refractivity contribution in [3.05, 3.63) is 29.8 Å². The second-order valence-electron chi connectivity index (χ2n) is 6.72. The molecule has 21 heavy (non-hydrogen) atoms. The van der Waals surface area contributed by atoms with Gasteiger partial charge in [-0.1, -0.05) is 12.1 Å². The van der Waals surface area contributed by atoms with E-state index >= 15 is 0 Å². The number of nitrogens with zero attached hydrogens (tertiary/aromatic N) is 1. The molecule has 1 fully saturated rings. The van der Waals surface area contributed by atoms with Crippen LogP contribution in [-0.2, 0) is 11.2 Å². The zero-order valence-electron chi connectivity index (χ0n) is 12.8. The lowest BCUT2D eigenvalue weighted by Crippen LogP contribution is -2.40. The molecule has 1 atom stereocenters. The fourth-order valence-corrected chi connectivity index (χ4v) is 2.48. The minimum atomic E-state index is -0.937. The van der Waals surface area contributed by atoms with E-state index in [1.54, 1.807) is 29.2 Å². The number of hydrogen-bond acceptors (Lipinski definition) is 4. The zero-order chi connectivity index (χ0) is 15.7. The number of aliphatic hydroxyl groups is 1. The summed E-state index contributed by atoms with van der Waals surface area (Å²) in [4.78, 5) is 13.6. The highest BCUT2D eigenvalue weighted by atomic mass is 16.6. The first-order valence-corrected chi connectivity index (χ1v) is 7.15. The molecule has 1 aliphatic rings. The summed E-state index contributed by atoms with van der Waals surface area (Å²) in [5, 5.41) is 19.9. The number of amides is 1. The number of benzene rings is 1. The van der Waals surface area contributed by atoms with Crippen molar-refractivity contribution in [3.63, 3.8) is 0 Å². The van der Waals surface area contributed by atoms with Crippen molar-refractivity contribution >= 4 is 6.09 Å². The Morgan fingerprint density at radius 3 is 2.52 bits per heavy atom. The number of aromatic hydroxyl groups is 1. The van der Waals surface area contributed by atoms with E-state index in [9.17, 15) is 15.0 Å². The molecule has 2 N–H and O–H groups in total. The lowest BCUT2D eigenvalue weighted by atomic mass is 9.94. The highest BCUT2D eigenvalue weighted by Crippen LogP contribution is 2.27. The van der Waals surface area contributed by atoms with Crippen LogP contribution in [-0.4, -0.2) is 45.5 Å². The Morgan fingerprint density at radius 1 is 1.33 bits per heavy atom. The molecule has 0 aromatic heterocycles. The molecule has 1 aromatic rings. The predicted molar refractivity (Wildman–Crippen MR) is 79.2 cm³/mol. The molecule has 116 valence electrons. The van der Waals surface area contributed by atoms with Gasteiger partial charge < -0.3 is 19.8 Å². The summed E-state index contributed by atoms with van der Waals surface area (Å²) in [6, 6.07) is 6.76. The normalized spacial score (nSPS) is 22.4. The fraction of sp³-hybridized carbons (Fsp3) is 0.562. The maximum atomic E-state index is 12.0. The van der Waals surface area contributed by atoms with E-state index in [0.717, 1.165) is 5.56 Å². The molecule has 1 aliphatic heterocycles. The van der Waals surface area contributed by atoms with Crippen molar-refractivity contribution in [1.29, 1.82) is 0 Å². The van der Waals surface area contributed by atoms with Gasteiger partial charge in [-0.3, -0.25) is 0 Å². The second kappa shape index (κ2) is 5.56. The standard InChI is InChI=1S/C16H23NO4/c1-15(2,3)21-14(19)17-9-8-16(20,11-17)10-12-4-6-13(18)7-5-12/h4-7,18,20H,8-11H2,1-3H3. The summed E-state index contributed by atoms with van der Waals surface area (Å²) >= 11 is 0. The molecule has 0 bridgehead atoms. The van der Waals surface area contributed by atoms with Gasteiger partial charge in [0.2, 0.25) is 0 Å². The van der Waals surface area contributed by atoms with Crippen molar-refractivity contribution < 1.29 is 19.7 Å². The molecule has 1 unspecified atom stereocenters. The van der Waals surface area contributed by atoms with Crippen LogP contribution in [0.15, 0.2) is 24.3 Å². The van der Waals surface area contributed by atoms with Crippen LogP contribution >= 0.6 is 0 Å². The number of β-amino-alcohol motifs (C(OH)–C–C–N with tert-alkyl or cyclic N) is 1. The Balaban J connectivity index is 1.96. The zero-order valence-corrected chi connectivity index (χ0v) is 12.8. The summed E-state index contributed by atoms with van der Waals surface area (Å²) in [5.74, 6) is 0.201. The molecule has 0 radical (unpaired) electrons. The van der Waals surface area contributed by atoms with E-state index in [-0.39, 0.29) is 18.4 Å². The Kier molecular flexibility index (Phi) is 4.14. The molecule has 0 saturated carbocycles. The topological polar surface area (TPSA) is 70.0 Å². The van der Waals surface area contributed by atoms with E-state index in [4.69, 9.17) is 4.74 Å². The third-order valence-corrected chi connectivity index (χ3v) is 3.45. The van der Waals surface area contributed by atoms with E-state index < -0.39 is 11.2 Å². The summed E-state index contributed by atoms with van der Waals surface area (Å²) in [7, 11) is 0. The van der Waals surface area contributed by atoms with Crippen LogP contribution in [0.3, 0.4) is 0 Å². The maximum absolute atomic E-state index is 12.0. The molecule has 1 amide bonds. The molecule has 1 saturated heterocycles. The van der Waals surface area contributed by atoms with Crippen LogP contribution in [0.25, 0.3) is 0 Å². The van der Waals surface area contributed by atoms with Gasteiger partial charge in [-0.25, -0.2) is 4.79 Å². The number of likely N-dealkylation sites (tertiary alicyclic amines) is 1. The first-order valence-electron chi connectivity index (χ1n) is 7.15. The smallest absolute Gasteiger partial charge is 0.410 e. The average molecular weight is 293 g/mol. The quantitative estimate of drug-likeness (QED) is 0.878. The van der Waals surface area contributed by atoms with Crippen LogP contribution in [0.2, 0.25) is 0 Å². The number of carbonyl (C=O) groups excluding carboxylic acids is 1. The molecule has 2 rings (SSSR count). The average Bonchev–Trinajstić information content (AvgIpc) is 2.73. The SMILES string of the molecule is CC(C)(C)OC(=O)N1CCC(O)(Cc2ccc(O)cc2)C1. The van der Waals surface area contributed by atoms with Gasteiger partial charge >= 0.3 is 6.09 Å². The molecular formula is C16H23NO4. The van der Waals surface area contributed by atoms with Crippen molar-refractivity contribution in [3.8, 4) is 5.75 Å². The third kappa shape index (κ3) is 4.36. The number of rotatable bonds is 2. The Morgan fingerprint density at radius 2 is 1.95 bits per heavy atom. The van der Waals surface area contributed by atoms with Gasteiger partial charge in [0.25, 0.3) is 0 Å². The first kappa shape index (κ1) is 15.6. The minimum Gasteiger partial charge on any atom is -0.508 e. The number of phenolic OH excluding ortho intramolecular Hbond substituents is 1. The minimum absolute atomic E-state index is 0.201. The highest BCUT2D eigenvalue weighted by molar-refractivity contribution is 5.68.